The second kappa shape index (κ2) is 21.4. The number of aromatic nitrogens is 4. The Morgan fingerprint density at radius 3 is 1.58 bits per heavy atom. The van der Waals surface area contributed by atoms with E-state index < -0.39 is 6.35 Å². The van der Waals surface area contributed by atoms with Gasteiger partial charge in [0.15, 0.2) is 11.6 Å². The minimum Gasteiger partial charge on any atom is -1.00 e. The summed E-state index contributed by atoms with van der Waals surface area (Å²) in [5.41, 5.74) is 17.8. The Labute approximate surface area is 397 Å². The van der Waals surface area contributed by atoms with Crippen molar-refractivity contribution in [2.45, 2.75) is 76.1 Å². The summed E-state index contributed by atoms with van der Waals surface area (Å²) in [4.78, 5) is 24.3. The van der Waals surface area contributed by atoms with Gasteiger partial charge in [-0.25, -0.2) is 15.0 Å². The topological polar surface area (TPSA) is 95.9 Å². The lowest BCUT2D eigenvalue weighted by atomic mass is 10.0. The van der Waals surface area contributed by atoms with Gasteiger partial charge in [0.25, 0.3) is 5.82 Å². The van der Waals surface area contributed by atoms with Crippen molar-refractivity contribution in [1.82, 2.24) is 19.9 Å². The standard InChI is InChI=1S/C29H30N4O.C26H26N4.CH4.ClH/c1-6-34-29-32(23-13-8-7-9-14-23)28-27(33(29)24-16-19(2)15-20(3)17-24)30-18-25(31-28)26-21(4)11-10-12-22(26)5;1-17-13-18(2)15-22(14-17)29-25-26(28-21-11-6-5-7-12-21)30-23(16-27-25)24-19(3)9-8-10-20(24)4;;/h7-18,29H,6H2,1-5H3;5-16H,1-4H3,(H,27,29)(H,28,30);1H4;1H. The van der Waals surface area contributed by atoms with Crippen LogP contribution in [0.4, 0.5) is 46.0 Å². The lowest BCUT2D eigenvalue weighted by molar-refractivity contribution is -0.482. The van der Waals surface area contributed by atoms with Gasteiger partial charge in [0, 0.05) is 34.8 Å². The average Bonchev–Trinajstić information content (AvgIpc) is 3.58. The van der Waals surface area contributed by atoms with Crippen molar-refractivity contribution in [1.29, 1.82) is 0 Å². The third kappa shape index (κ3) is 10.6. The highest BCUT2D eigenvalue weighted by Gasteiger charge is 2.41. The summed E-state index contributed by atoms with van der Waals surface area (Å²) in [6, 6.07) is 46.1. The van der Waals surface area contributed by atoms with Gasteiger partial charge in [-0.15, -0.1) is 0 Å². The van der Waals surface area contributed by atoms with E-state index in [1.807, 2.05) is 55.7 Å². The molecule has 0 fully saturated rings. The lowest BCUT2D eigenvalue weighted by Gasteiger charge is -2.31. The highest BCUT2D eigenvalue weighted by molar-refractivity contribution is 5.85. The predicted molar refractivity (Wildman–Crippen MR) is 270 cm³/mol. The molecule has 0 bridgehead atoms. The number of benzene rings is 6. The Bertz CT molecular complexity index is 2840. The summed E-state index contributed by atoms with van der Waals surface area (Å²) in [7, 11) is 0. The van der Waals surface area contributed by atoms with E-state index in [0.717, 1.165) is 68.5 Å². The zero-order valence-electron chi connectivity index (χ0n) is 38.7. The second-order valence-electron chi connectivity index (χ2n) is 16.7. The van der Waals surface area contributed by atoms with Crippen molar-refractivity contribution in [3.05, 3.63) is 190 Å². The van der Waals surface area contributed by atoms with E-state index >= 15 is 0 Å². The summed E-state index contributed by atoms with van der Waals surface area (Å²) in [5, 5.41) is 5.56. The molecule has 2 aromatic heterocycles. The van der Waals surface area contributed by atoms with Crippen LogP contribution in [0, 0.1) is 55.4 Å². The first kappa shape index (κ1) is 48.5. The number of para-hydroxylation sites is 2. The first-order valence-corrected chi connectivity index (χ1v) is 21.9. The number of fused-ring (bicyclic) bond motifs is 1. The molecule has 3 N–H and O–H groups in total. The molecule has 8 aromatic rings. The minimum absolute atomic E-state index is 0. The normalized spacial score (nSPS) is 12.7. The highest BCUT2D eigenvalue weighted by Crippen LogP contribution is 2.47. The van der Waals surface area contributed by atoms with E-state index in [1.54, 1.807) is 0 Å². The molecule has 0 radical (unpaired) electrons. The molecule has 1 unspecified atom stereocenters. The molecular weight excluding hydrogens is 836 g/mol. The zero-order chi connectivity index (χ0) is 44.9. The largest absolute Gasteiger partial charge is 1.00 e. The third-order valence-electron chi connectivity index (χ3n) is 11.3. The van der Waals surface area contributed by atoms with E-state index in [0.29, 0.717) is 6.61 Å². The van der Waals surface area contributed by atoms with Crippen LogP contribution in [0.5, 0.6) is 0 Å². The van der Waals surface area contributed by atoms with Crippen LogP contribution in [-0.4, -0.2) is 32.9 Å². The van der Waals surface area contributed by atoms with Crippen LogP contribution in [0.15, 0.2) is 146 Å². The molecule has 9 nitrogen and oxygen atoms in total. The third-order valence-corrected chi connectivity index (χ3v) is 11.3. The monoisotopic (exact) mass is 896 g/mol. The average molecular weight is 898 g/mol. The molecule has 0 spiro atoms. The Balaban J connectivity index is 0.000000213. The number of quaternary nitrogens is 1. The lowest BCUT2D eigenvalue weighted by Crippen LogP contribution is -3.00. The molecule has 66 heavy (non-hydrogen) atoms. The van der Waals surface area contributed by atoms with Crippen LogP contribution >= 0.6 is 0 Å². The van der Waals surface area contributed by atoms with Crippen LogP contribution in [0.25, 0.3) is 22.5 Å². The van der Waals surface area contributed by atoms with E-state index in [-0.39, 0.29) is 19.8 Å². The molecule has 1 aliphatic rings. The number of nitrogens with two attached hydrogens (primary N) is 1. The molecule has 3 heterocycles. The van der Waals surface area contributed by atoms with Crippen molar-refractivity contribution in [3.8, 4) is 22.5 Å². The number of anilines is 6. The highest BCUT2D eigenvalue weighted by atomic mass is 35.5. The van der Waals surface area contributed by atoms with Crippen molar-refractivity contribution < 1.29 is 22.5 Å². The van der Waals surface area contributed by atoms with Gasteiger partial charge in [-0.3, -0.25) is 15.1 Å². The number of halogens is 1. The first-order chi connectivity index (χ1) is 31.0. The molecular formula is C56H61ClN8O. The molecule has 10 heteroatoms. The fourth-order valence-electron chi connectivity index (χ4n) is 8.67. The molecule has 9 rings (SSSR count). The van der Waals surface area contributed by atoms with Gasteiger partial charge >= 0.3 is 0 Å². The maximum Gasteiger partial charge on any atom is 0.273 e. The van der Waals surface area contributed by atoms with Crippen molar-refractivity contribution >= 4 is 46.0 Å². The van der Waals surface area contributed by atoms with E-state index in [4.69, 9.17) is 24.7 Å². The molecule has 6 aromatic carbocycles. The second-order valence-corrected chi connectivity index (χ2v) is 16.7. The molecule has 1 atom stereocenters. The number of aryl methyl sites for hydroxylation is 8. The Kier molecular flexibility index (Phi) is 15.7. The number of nitrogens with zero attached hydrogens (tertiary/aromatic N) is 6. The van der Waals surface area contributed by atoms with Crippen LogP contribution in [0.3, 0.4) is 0 Å². The van der Waals surface area contributed by atoms with Gasteiger partial charge in [-0.1, -0.05) is 92.4 Å². The van der Waals surface area contributed by atoms with Crippen LogP contribution in [-0.2, 0) is 4.74 Å². The molecule has 1 aliphatic heterocycles. The summed E-state index contributed by atoms with van der Waals surface area (Å²) in [6.45, 7) is 19.5. The van der Waals surface area contributed by atoms with Gasteiger partial charge in [-0.05, 0) is 155 Å². The van der Waals surface area contributed by atoms with Crippen LogP contribution < -0.4 is 32.8 Å². The Hall–Kier alpha value is -6.91. The number of hydrogen-bond acceptors (Lipinski definition) is 8. The molecule has 0 saturated carbocycles. The van der Waals surface area contributed by atoms with E-state index in [9.17, 15) is 0 Å². The number of ether oxygens (including phenoxy) is 1. The van der Waals surface area contributed by atoms with E-state index in [1.165, 1.54) is 44.5 Å². The van der Waals surface area contributed by atoms with Crippen molar-refractivity contribution in [2.75, 3.05) is 21.7 Å². The van der Waals surface area contributed by atoms with E-state index in [2.05, 4.69) is 173 Å². The van der Waals surface area contributed by atoms with Crippen molar-refractivity contribution in [2.24, 2.45) is 0 Å². The quantitative estimate of drug-likeness (QED) is 0.131. The number of nitrogens with one attached hydrogen (secondary N) is 1. The van der Waals surface area contributed by atoms with Gasteiger partial charge in [0.2, 0.25) is 12.2 Å². The fraction of sp³-hybridized carbons (Fsp3) is 0.214. The first-order valence-electron chi connectivity index (χ1n) is 21.9. The summed E-state index contributed by atoms with van der Waals surface area (Å²) < 4.78 is 6.36. The van der Waals surface area contributed by atoms with Crippen molar-refractivity contribution in [3.63, 3.8) is 0 Å². The van der Waals surface area contributed by atoms with Crippen LogP contribution in [0.1, 0.15) is 58.9 Å². The maximum atomic E-state index is 6.36. The van der Waals surface area contributed by atoms with Gasteiger partial charge in [-0.2, -0.15) is 4.98 Å². The summed E-state index contributed by atoms with van der Waals surface area (Å²) in [5.74, 6) is 3.16. The summed E-state index contributed by atoms with van der Waals surface area (Å²) >= 11 is 0. The van der Waals surface area contributed by atoms with Gasteiger partial charge in [0.1, 0.15) is 5.69 Å². The van der Waals surface area contributed by atoms with Crippen LogP contribution in [0.2, 0.25) is 0 Å². The Morgan fingerprint density at radius 1 is 0.545 bits per heavy atom. The molecule has 0 aliphatic carbocycles. The smallest absolute Gasteiger partial charge is 0.273 e. The number of rotatable bonds is 10. The maximum absolute atomic E-state index is 6.36. The molecule has 0 amide bonds. The summed E-state index contributed by atoms with van der Waals surface area (Å²) in [6.07, 6.45) is 3.36. The Morgan fingerprint density at radius 2 is 1.03 bits per heavy atom. The fourth-order valence-corrected chi connectivity index (χ4v) is 8.67. The van der Waals surface area contributed by atoms with Gasteiger partial charge < -0.3 is 22.5 Å². The molecule has 0 saturated heterocycles. The van der Waals surface area contributed by atoms with Gasteiger partial charge in [0.05, 0.1) is 23.8 Å². The minimum atomic E-state index is -0.392. The molecule has 338 valence electrons. The number of hydrogen-bond donors (Lipinski definition) is 2. The SMILES string of the molecule is C.CCOC1N(c2cc(C)cc(C)c2)c2ncc(-c3c(C)cccc3C)nc2N1c1ccccc1.Cc1cc(C)cc(Nc2ncc(-c3c(C)cccc3C)nc2[NH2+]c2ccccc2)c1.[Cl-]. The zero-order valence-corrected chi connectivity index (χ0v) is 39.4. The predicted octanol–water partition coefficient (Wildman–Crippen LogP) is 10.3.